The molecule has 0 atom stereocenters. The molecule has 0 aliphatic rings. The van der Waals surface area contributed by atoms with Crippen molar-refractivity contribution in [2.24, 2.45) is 4.99 Å². The number of likely N-dealkylation sites (N-methyl/N-ethyl adjacent to an activating group) is 2. The molecule has 0 heterocycles. The van der Waals surface area contributed by atoms with Gasteiger partial charge in [0.2, 0.25) is 0 Å². The number of aromatic hydroxyl groups is 1. The molecule has 0 saturated heterocycles. The van der Waals surface area contributed by atoms with Crippen LogP contribution in [0.2, 0.25) is 0 Å². The van der Waals surface area contributed by atoms with Gasteiger partial charge in [0.25, 0.3) is 0 Å². The Hall–Kier alpha value is -3.02. The molecule has 0 spiro atoms. The fraction of sp³-hybridized carbons (Fsp3) is 0.455. The average Bonchev–Trinajstić information content (AvgIpc) is 2.82. The van der Waals surface area contributed by atoms with E-state index in [-0.39, 0.29) is 28.9 Å². The van der Waals surface area contributed by atoms with Crippen molar-refractivity contribution in [2.45, 2.75) is 58.9 Å². The van der Waals surface area contributed by atoms with Crippen LogP contribution in [0.15, 0.2) is 59.6 Å². The van der Waals surface area contributed by atoms with Crippen molar-refractivity contribution in [1.82, 2.24) is 9.80 Å². The minimum absolute atomic E-state index is 0.0583. The Morgan fingerprint density at radius 3 is 2.24 bits per heavy atom. The molecule has 5 heteroatoms. The molecule has 3 rings (SSSR count). The minimum atomic E-state index is -0.201. The summed E-state index contributed by atoms with van der Waals surface area (Å²) in [4.78, 5) is 21.4. The quantitative estimate of drug-likeness (QED) is 0.327. The fourth-order valence-electron chi connectivity index (χ4n) is 4.58. The molecule has 204 valence electrons. The molecule has 0 unspecified atom stereocenters. The van der Waals surface area contributed by atoms with Crippen molar-refractivity contribution in [3.63, 3.8) is 0 Å². The number of rotatable bonds is 10. The van der Waals surface area contributed by atoms with Crippen LogP contribution in [0.1, 0.15) is 63.8 Å². The van der Waals surface area contributed by atoms with E-state index < -0.39 is 0 Å². The van der Waals surface area contributed by atoms with Gasteiger partial charge < -0.3 is 10.0 Å². The standard InChI is InChI=1S/C33H45N3O2/c1-32(2,3)27-18-26(31(38)30(19-27)33(4,5)6)20-34-21-28(37)23-36(8)17-16-35(7)22-25-14-11-13-24-12-9-10-15-29(24)25/h9-15,18-20,38H,16-17,21-23H2,1-8H3. The molecule has 0 aliphatic heterocycles. The topological polar surface area (TPSA) is 56.1 Å². The lowest BCUT2D eigenvalue weighted by Crippen LogP contribution is -2.34. The zero-order valence-electron chi connectivity index (χ0n) is 24.5. The summed E-state index contributed by atoms with van der Waals surface area (Å²) in [7, 11) is 4.09. The number of fused-ring (bicyclic) bond motifs is 1. The number of hydrogen-bond donors (Lipinski definition) is 1. The summed E-state index contributed by atoms with van der Waals surface area (Å²) in [5, 5.41) is 13.5. The van der Waals surface area contributed by atoms with Crippen molar-refractivity contribution in [3.05, 3.63) is 76.9 Å². The first-order valence-electron chi connectivity index (χ1n) is 13.5. The summed E-state index contributed by atoms with van der Waals surface area (Å²) < 4.78 is 0. The number of carbonyl (C=O) groups excluding carboxylic acids is 1. The van der Waals surface area contributed by atoms with Gasteiger partial charge in [0, 0.05) is 37.0 Å². The van der Waals surface area contributed by atoms with E-state index in [9.17, 15) is 9.90 Å². The van der Waals surface area contributed by atoms with Crippen LogP contribution in [0.5, 0.6) is 5.75 Å². The van der Waals surface area contributed by atoms with Gasteiger partial charge >= 0.3 is 0 Å². The first-order chi connectivity index (χ1) is 17.8. The predicted molar refractivity (Wildman–Crippen MR) is 161 cm³/mol. The van der Waals surface area contributed by atoms with Crippen molar-refractivity contribution in [1.29, 1.82) is 0 Å². The van der Waals surface area contributed by atoms with E-state index in [4.69, 9.17) is 0 Å². The van der Waals surface area contributed by atoms with Gasteiger partial charge in [0.05, 0.1) is 13.1 Å². The predicted octanol–water partition coefficient (Wildman–Crippen LogP) is 6.19. The maximum absolute atomic E-state index is 12.6. The van der Waals surface area contributed by atoms with Gasteiger partial charge in [0.15, 0.2) is 5.78 Å². The lowest BCUT2D eigenvalue weighted by molar-refractivity contribution is -0.118. The van der Waals surface area contributed by atoms with Gasteiger partial charge in [0.1, 0.15) is 5.75 Å². The smallest absolute Gasteiger partial charge is 0.168 e. The molecular formula is C33H45N3O2. The normalized spacial score (nSPS) is 12.8. The van der Waals surface area contributed by atoms with E-state index in [0.717, 1.165) is 30.8 Å². The number of ketones is 1. The second-order valence-electron chi connectivity index (χ2n) is 12.6. The molecule has 0 bridgehead atoms. The molecule has 0 saturated carbocycles. The number of phenols is 1. The number of carbonyl (C=O) groups is 1. The number of aliphatic imine (C=N–C) groups is 1. The van der Waals surface area contributed by atoms with Gasteiger partial charge in [-0.05, 0) is 52.9 Å². The van der Waals surface area contributed by atoms with Gasteiger partial charge in [-0.3, -0.25) is 14.7 Å². The van der Waals surface area contributed by atoms with E-state index in [0.29, 0.717) is 12.1 Å². The molecule has 1 N–H and O–H groups in total. The zero-order valence-corrected chi connectivity index (χ0v) is 24.5. The lowest BCUT2D eigenvalue weighted by atomic mass is 9.79. The first kappa shape index (κ1) is 29.5. The Kier molecular flexibility index (Phi) is 9.50. The van der Waals surface area contributed by atoms with Crippen molar-refractivity contribution in [3.8, 4) is 5.75 Å². The largest absolute Gasteiger partial charge is 0.507 e. The molecule has 0 aliphatic carbocycles. The first-order valence-corrected chi connectivity index (χ1v) is 13.5. The van der Waals surface area contributed by atoms with Crippen LogP contribution in [0.4, 0.5) is 0 Å². The van der Waals surface area contributed by atoms with Gasteiger partial charge in [-0.1, -0.05) is 90.1 Å². The Labute approximate surface area is 229 Å². The number of phenolic OH excluding ortho intramolecular Hbond substituents is 1. The fourth-order valence-corrected chi connectivity index (χ4v) is 4.58. The second-order valence-corrected chi connectivity index (χ2v) is 12.6. The van der Waals surface area contributed by atoms with E-state index in [1.54, 1.807) is 6.21 Å². The van der Waals surface area contributed by atoms with E-state index in [2.05, 4.69) is 107 Å². The summed E-state index contributed by atoms with van der Waals surface area (Å²) in [6.07, 6.45) is 1.65. The molecule has 3 aromatic rings. The number of benzene rings is 3. The highest BCUT2D eigenvalue weighted by Crippen LogP contribution is 2.37. The third-order valence-electron chi connectivity index (χ3n) is 6.94. The summed E-state index contributed by atoms with van der Waals surface area (Å²) in [6.45, 7) is 15.7. The Bertz CT molecular complexity index is 1280. The second kappa shape index (κ2) is 12.2. The summed E-state index contributed by atoms with van der Waals surface area (Å²) in [5.41, 5.74) is 3.75. The van der Waals surface area contributed by atoms with Crippen molar-refractivity contribution >= 4 is 22.8 Å². The molecule has 38 heavy (non-hydrogen) atoms. The molecule has 0 aromatic heterocycles. The highest BCUT2D eigenvalue weighted by atomic mass is 16.3. The van der Waals surface area contributed by atoms with Crippen LogP contribution in [-0.2, 0) is 22.2 Å². The van der Waals surface area contributed by atoms with Gasteiger partial charge in [-0.15, -0.1) is 0 Å². The van der Waals surface area contributed by atoms with Crippen LogP contribution in [0.3, 0.4) is 0 Å². The highest BCUT2D eigenvalue weighted by molar-refractivity contribution is 5.89. The van der Waals surface area contributed by atoms with Crippen LogP contribution >= 0.6 is 0 Å². The molecule has 5 nitrogen and oxygen atoms in total. The summed E-state index contributed by atoms with van der Waals surface area (Å²) >= 11 is 0. The molecule has 0 amide bonds. The summed E-state index contributed by atoms with van der Waals surface area (Å²) in [6, 6.07) is 19.0. The number of hydrogen-bond acceptors (Lipinski definition) is 5. The number of nitrogens with zero attached hydrogens (tertiary/aromatic N) is 3. The summed E-state index contributed by atoms with van der Waals surface area (Å²) in [5.74, 6) is 0.302. The van der Waals surface area contributed by atoms with Crippen LogP contribution in [0, 0.1) is 0 Å². The monoisotopic (exact) mass is 515 g/mol. The highest BCUT2D eigenvalue weighted by Gasteiger charge is 2.24. The maximum Gasteiger partial charge on any atom is 0.168 e. The van der Waals surface area contributed by atoms with Gasteiger partial charge in [-0.25, -0.2) is 0 Å². The van der Waals surface area contributed by atoms with E-state index in [1.807, 2.05) is 18.0 Å². The van der Waals surface area contributed by atoms with Crippen LogP contribution < -0.4 is 0 Å². The molecule has 3 aromatic carbocycles. The zero-order chi connectivity index (χ0) is 28.1. The minimum Gasteiger partial charge on any atom is -0.507 e. The molecule has 0 radical (unpaired) electrons. The molecular weight excluding hydrogens is 470 g/mol. The van der Waals surface area contributed by atoms with E-state index >= 15 is 0 Å². The van der Waals surface area contributed by atoms with Gasteiger partial charge in [-0.2, -0.15) is 0 Å². The Morgan fingerprint density at radius 1 is 0.895 bits per heavy atom. The Balaban J connectivity index is 1.55. The number of Topliss-reactive ketones (excluding diaryl/α,β-unsaturated/α-hetero) is 1. The third kappa shape index (κ3) is 7.99. The Morgan fingerprint density at radius 2 is 1.55 bits per heavy atom. The van der Waals surface area contributed by atoms with Crippen LogP contribution in [-0.4, -0.2) is 67.2 Å². The van der Waals surface area contributed by atoms with Crippen molar-refractivity contribution < 1.29 is 9.90 Å². The van der Waals surface area contributed by atoms with Crippen LogP contribution in [0.25, 0.3) is 10.8 Å². The maximum atomic E-state index is 12.6. The lowest BCUT2D eigenvalue weighted by Gasteiger charge is -2.27. The van der Waals surface area contributed by atoms with E-state index in [1.165, 1.54) is 16.3 Å². The molecule has 0 fully saturated rings. The average molecular weight is 516 g/mol. The van der Waals surface area contributed by atoms with Crippen molar-refractivity contribution in [2.75, 3.05) is 40.3 Å². The third-order valence-corrected chi connectivity index (χ3v) is 6.94. The SMILES string of the molecule is CN(CCN(C)Cc1cccc2ccccc12)CC(=O)CN=Cc1cc(C(C)(C)C)cc(C(C)(C)C)c1O.